The minimum Gasteiger partial charge on any atom is -0.385 e. The molecule has 1 aromatic heterocycles. The lowest BCUT2D eigenvalue weighted by Gasteiger charge is -2.25. The molecule has 30 heavy (non-hydrogen) atoms. The standard InChI is InChI=1S/C20H27FN4O4S/c1-13(2)11-25-18(22)17(19(27)23-20(25)28)24(9-6-10-29-3)16(26)12-30-15-8-5-4-7-14(15)21/h4-5,7-8,13H,6,9-12,22H2,1-3H3,(H,23,27,28). The summed E-state index contributed by atoms with van der Waals surface area (Å²) in [5.41, 5.74) is 4.72. The molecular weight excluding hydrogens is 411 g/mol. The van der Waals surface area contributed by atoms with Crippen LogP contribution in [0, 0.1) is 11.7 Å². The molecule has 1 heterocycles. The van der Waals surface area contributed by atoms with E-state index in [9.17, 15) is 18.8 Å². The van der Waals surface area contributed by atoms with Gasteiger partial charge in [-0.3, -0.25) is 19.1 Å². The van der Waals surface area contributed by atoms with E-state index in [2.05, 4.69) is 4.98 Å². The number of benzene rings is 1. The molecule has 0 aliphatic carbocycles. The Balaban J connectivity index is 2.38. The highest BCUT2D eigenvalue weighted by Gasteiger charge is 2.24. The summed E-state index contributed by atoms with van der Waals surface area (Å²) >= 11 is 1.03. The summed E-state index contributed by atoms with van der Waals surface area (Å²) in [4.78, 5) is 41.6. The fraction of sp³-hybridized carbons (Fsp3) is 0.450. The smallest absolute Gasteiger partial charge is 0.330 e. The number of nitrogens with one attached hydrogen (secondary N) is 1. The van der Waals surface area contributed by atoms with Gasteiger partial charge in [0.2, 0.25) is 5.91 Å². The van der Waals surface area contributed by atoms with Gasteiger partial charge in [-0.05, 0) is 24.5 Å². The number of H-pyrrole nitrogens is 1. The fourth-order valence-corrected chi connectivity index (χ4v) is 3.71. The lowest BCUT2D eigenvalue weighted by molar-refractivity contribution is -0.116. The highest BCUT2D eigenvalue weighted by atomic mass is 32.2. The van der Waals surface area contributed by atoms with Crippen molar-refractivity contribution in [3.63, 3.8) is 0 Å². The highest BCUT2D eigenvalue weighted by molar-refractivity contribution is 8.00. The Morgan fingerprint density at radius 2 is 2.03 bits per heavy atom. The molecule has 0 fully saturated rings. The van der Waals surface area contributed by atoms with Crippen molar-refractivity contribution in [2.24, 2.45) is 5.92 Å². The SMILES string of the molecule is COCCCN(C(=O)CSc1ccccc1F)c1c(N)n(CC(C)C)c(=O)[nH]c1=O. The van der Waals surface area contributed by atoms with Crippen molar-refractivity contribution in [1.82, 2.24) is 9.55 Å². The molecule has 0 aliphatic heterocycles. The van der Waals surface area contributed by atoms with Crippen LogP contribution in [0.3, 0.4) is 0 Å². The van der Waals surface area contributed by atoms with Gasteiger partial charge < -0.3 is 15.4 Å². The van der Waals surface area contributed by atoms with E-state index < -0.39 is 23.0 Å². The van der Waals surface area contributed by atoms with Crippen LogP contribution in [0.5, 0.6) is 0 Å². The van der Waals surface area contributed by atoms with Gasteiger partial charge in [-0.1, -0.05) is 26.0 Å². The van der Waals surface area contributed by atoms with Crippen LogP contribution in [0.2, 0.25) is 0 Å². The van der Waals surface area contributed by atoms with Crippen LogP contribution in [0.4, 0.5) is 15.9 Å². The zero-order valence-electron chi connectivity index (χ0n) is 17.3. The van der Waals surface area contributed by atoms with Crippen LogP contribution in [0.25, 0.3) is 0 Å². The maximum absolute atomic E-state index is 13.9. The van der Waals surface area contributed by atoms with Gasteiger partial charge >= 0.3 is 5.69 Å². The number of aromatic nitrogens is 2. The molecule has 0 bridgehead atoms. The van der Waals surface area contributed by atoms with E-state index in [1.165, 1.54) is 22.6 Å². The first kappa shape index (κ1) is 23.7. The first-order valence-corrected chi connectivity index (χ1v) is 10.5. The molecule has 0 atom stereocenters. The monoisotopic (exact) mass is 438 g/mol. The second-order valence-corrected chi connectivity index (χ2v) is 8.13. The Morgan fingerprint density at radius 1 is 1.33 bits per heavy atom. The van der Waals surface area contributed by atoms with Gasteiger partial charge in [-0.25, -0.2) is 9.18 Å². The Hall–Kier alpha value is -2.59. The zero-order valence-corrected chi connectivity index (χ0v) is 18.1. The average Bonchev–Trinajstić information content (AvgIpc) is 2.69. The van der Waals surface area contributed by atoms with Crippen molar-refractivity contribution in [3.05, 3.63) is 50.9 Å². The third-order valence-corrected chi connectivity index (χ3v) is 5.28. The van der Waals surface area contributed by atoms with Crippen molar-refractivity contribution in [2.75, 3.05) is 36.6 Å². The lowest BCUT2D eigenvalue weighted by atomic mass is 10.2. The second kappa shape index (κ2) is 11.0. The van der Waals surface area contributed by atoms with Crippen molar-refractivity contribution in [1.29, 1.82) is 0 Å². The largest absolute Gasteiger partial charge is 0.385 e. The molecule has 0 saturated heterocycles. The topological polar surface area (TPSA) is 110 Å². The minimum absolute atomic E-state index is 0.0703. The molecule has 3 N–H and O–H groups in total. The number of nitrogens with zero attached hydrogens (tertiary/aromatic N) is 2. The first-order chi connectivity index (χ1) is 14.3. The van der Waals surface area contributed by atoms with Gasteiger partial charge in [-0.15, -0.1) is 11.8 Å². The van der Waals surface area contributed by atoms with E-state index in [1.807, 2.05) is 13.8 Å². The summed E-state index contributed by atoms with van der Waals surface area (Å²) in [6, 6.07) is 6.13. The lowest BCUT2D eigenvalue weighted by Crippen LogP contribution is -2.42. The number of ether oxygens (including phenoxy) is 1. The quantitative estimate of drug-likeness (QED) is 0.434. The molecule has 0 unspecified atom stereocenters. The molecule has 0 radical (unpaired) electrons. The summed E-state index contributed by atoms with van der Waals surface area (Å²) in [6.45, 7) is 4.64. The molecule has 0 aliphatic rings. The van der Waals surface area contributed by atoms with Crippen molar-refractivity contribution in [2.45, 2.75) is 31.7 Å². The van der Waals surface area contributed by atoms with E-state index in [0.29, 0.717) is 24.5 Å². The van der Waals surface area contributed by atoms with Crippen LogP contribution in [-0.2, 0) is 16.1 Å². The maximum Gasteiger partial charge on any atom is 0.330 e. The number of anilines is 2. The highest BCUT2D eigenvalue weighted by Crippen LogP contribution is 2.24. The number of aromatic amines is 1. The number of methoxy groups -OCH3 is 1. The first-order valence-electron chi connectivity index (χ1n) is 9.55. The molecule has 1 amide bonds. The van der Waals surface area contributed by atoms with E-state index in [1.54, 1.807) is 18.2 Å². The summed E-state index contributed by atoms with van der Waals surface area (Å²) in [5, 5.41) is 0. The van der Waals surface area contributed by atoms with Gasteiger partial charge in [0, 0.05) is 31.7 Å². The predicted molar refractivity (Wildman–Crippen MR) is 117 cm³/mol. The van der Waals surface area contributed by atoms with Crippen LogP contribution in [-0.4, -0.2) is 41.5 Å². The summed E-state index contributed by atoms with van der Waals surface area (Å²) < 4.78 is 20.2. The van der Waals surface area contributed by atoms with Crippen molar-refractivity contribution < 1.29 is 13.9 Å². The Labute approximate surface area is 178 Å². The molecular formula is C20H27FN4O4S. The van der Waals surface area contributed by atoms with Crippen molar-refractivity contribution >= 4 is 29.2 Å². The molecule has 1 aromatic carbocycles. The van der Waals surface area contributed by atoms with E-state index in [4.69, 9.17) is 10.5 Å². The van der Waals surface area contributed by atoms with Crippen LogP contribution < -0.4 is 21.9 Å². The van der Waals surface area contributed by atoms with Crippen LogP contribution >= 0.6 is 11.8 Å². The van der Waals surface area contributed by atoms with Gasteiger partial charge in [0.25, 0.3) is 5.56 Å². The number of nitrogen functional groups attached to an aromatic ring is 1. The van der Waals surface area contributed by atoms with Gasteiger partial charge in [-0.2, -0.15) is 0 Å². The number of amides is 1. The number of thioether (sulfide) groups is 1. The Morgan fingerprint density at radius 3 is 2.67 bits per heavy atom. The van der Waals surface area contributed by atoms with E-state index in [0.717, 1.165) is 11.8 Å². The third-order valence-electron chi connectivity index (χ3n) is 4.25. The molecule has 0 saturated carbocycles. The van der Waals surface area contributed by atoms with E-state index in [-0.39, 0.29) is 29.7 Å². The molecule has 0 spiro atoms. The normalized spacial score (nSPS) is 11.1. The summed E-state index contributed by atoms with van der Waals surface area (Å²) in [7, 11) is 1.53. The number of rotatable bonds is 10. The molecule has 2 aromatic rings. The summed E-state index contributed by atoms with van der Waals surface area (Å²) in [6.07, 6.45) is 0.453. The molecule has 2 rings (SSSR count). The van der Waals surface area contributed by atoms with Gasteiger partial charge in [0.1, 0.15) is 11.6 Å². The minimum atomic E-state index is -0.737. The molecule has 10 heteroatoms. The van der Waals surface area contributed by atoms with Crippen LogP contribution in [0.1, 0.15) is 20.3 Å². The number of hydrogen-bond donors (Lipinski definition) is 2. The van der Waals surface area contributed by atoms with Gasteiger partial charge in [0.15, 0.2) is 5.69 Å². The zero-order chi connectivity index (χ0) is 22.3. The fourth-order valence-electron chi connectivity index (χ4n) is 2.89. The number of carbonyl (C=O) groups excluding carboxylic acids is 1. The predicted octanol–water partition coefficient (Wildman–Crippen LogP) is 2.08. The number of hydrogen-bond acceptors (Lipinski definition) is 6. The van der Waals surface area contributed by atoms with Gasteiger partial charge in [0.05, 0.1) is 5.75 Å². The number of carbonyl (C=O) groups is 1. The molecule has 164 valence electrons. The second-order valence-electron chi connectivity index (χ2n) is 7.11. The average molecular weight is 439 g/mol. The number of nitrogens with two attached hydrogens (primary N) is 1. The number of halogens is 1. The summed E-state index contributed by atoms with van der Waals surface area (Å²) in [5.74, 6) is -0.927. The Kier molecular flexibility index (Phi) is 8.67. The Bertz CT molecular complexity index is 990. The van der Waals surface area contributed by atoms with Crippen molar-refractivity contribution in [3.8, 4) is 0 Å². The molecule has 8 nitrogen and oxygen atoms in total. The third kappa shape index (κ3) is 5.96. The van der Waals surface area contributed by atoms with E-state index >= 15 is 0 Å². The van der Waals surface area contributed by atoms with Crippen LogP contribution in [0.15, 0.2) is 38.8 Å². The maximum atomic E-state index is 13.9.